The number of nitrogens with zero attached hydrogens (tertiary/aromatic N) is 3. The Kier molecular flexibility index (Phi) is 4.45. The lowest BCUT2D eigenvalue weighted by Crippen LogP contribution is -2.40. The summed E-state index contributed by atoms with van der Waals surface area (Å²) in [4.78, 5) is 21.4. The number of carbonyl (C=O) groups excluding carboxylic acids is 1. The summed E-state index contributed by atoms with van der Waals surface area (Å²) in [6, 6.07) is 4.07. The maximum absolute atomic E-state index is 12.9. The molecule has 2 aliphatic rings. The van der Waals surface area contributed by atoms with E-state index in [4.69, 9.17) is 4.74 Å². The van der Waals surface area contributed by atoms with Gasteiger partial charge < -0.3 is 9.64 Å². The van der Waals surface area contributed by atoms with Crippen molar-refractivity contribution in [1.29, 1.82) is 0 Å². The number of rotatable bonds is 5. The maximum atomic E-state index is 12.9. The molecule has 0 aliphatic carbocycles. The average molecular weight is 303 g/mol. The minimum atomic E-state index is -0.185. The highest BCUT2D eigenvalue weighted by atomic mass is 16.5. The van der Waals surface area contributed by atoms with Crippen LogP contribution in [0.25, 0.3) is 0 Å². The Morgan fingerprint density at radius 1 is 1.50 bits per heavy atom. The van der Waals surface area contributed by atoms with Crippen molar-refractivity contribution in [3.63, 3.8) is 0 Å². The van der Waals surface area contributed by atoms with Crippen molar-refractivity contribution in [3.05, 3.63) is 30.1 Å². The van der Waals surface area contributed by atoms with Crippen LogP contribution < -0.4 is 0 Å². The molecule has 2 aliphatic heterocycles. The third-order valence-corrected chi connectivity index (χ3v) is 5.22. The third-order valence-electron chi connectivity index (χ3n) is 5.22. The van der Waals surface area contributed by atoms with Gasteiger partial charge in [0.1, 0.15) is 0 Å². The minimum absolute atomic E-state index is 0.185. The Hall–Kier alpha value is -1.46. The van der Waals surface area contributed by atoms with Crippen LogP contribution in [-0.4, -0.2) is 60.6 Å². The lowest BCUT2D eigenvalue weighted by molar-refractivity contribution is -0.137. The van der Waals surface area contributed by atoms with Crippen LogP contribution in [0.2, 0.25) is 0 Å². The highest BCUT2D eigenvalue weighted by molar-refractivity contribution is 5.86. The van der Waals surface area contributed by atoms with Crippen molar-refractivity contribution >= 4 is 5.91 Å². The predicted molar refractivity (Wildman–Crippen MR) is 84.2 cm³/mol. The lowest BCUT2D eigenvalue weighted by atomic mass is 9.78. The van der Waals surface area contributed by atoms with E-state index in [1.54, 1.807) is 13.3 Å². The molecule has 22 heavy (non-hydrogen) atoms. The van der Waals surface area contributed by atoms with Gasteiger partial charge in [-0.2, -0.15) is 0 Å². The standard InChI is InChI=1S/C17H25N3O2/c1-14-11-19(12-15-4-3-6-18-10-15)13-17(14)5-7-20(16(17)21)8-9-22-2/h3-4,6,10,14H,5,7-9,11-13H2,1-2H3/t14-,17-/m0/s1. The minimum Gasteiger partial charge on any atom is -0.383 e. The van der Waals surface area contributed by atoms with Gasteiger partial charge in [0.15, 0.2) is 0 Å². The number of carbonyl (C=O) groups is 1. The second-order valence-electron chi connectivity index (χ2n) is 6.62. The van der Waals surface area contributed by atoms with Crippen LogP contribution in [0.3, 0.4) is 0 Å². The number of amides is 1. The Labute approximate surface area is 132 Å². The first-order chi connectivity index (χ1) is 10.7. The zero-order valence-electron chi connectivity index (χ0n) is 13.5. The first-order valence-electron chi connectivity index (χ1n) is 8.05. The fourth-order valence-corrected chi connectivity index (χ4v) is 3.93. The molecular weight excluding hydrogens is 278 g/mol. The molecule has 5 heteroatoms. The number of hydrogen-bond acceptors (Lipinski definition) is 4. The zero-order valence-corrected chi connectivity index (χ0v) is 13.5. The van der Waals surface area contributed by atoms with Crippen LogP contribution in [0.4, 0.5) is 0 Å². The molecule has 1 amide bonds. The Bertz CT molecular complexity index is 522. The van der Waals surface area contributed by atoms with Gasteiger partial charge in [-0.1, -0.05) is 13.0 Å². The number of methoxy groups -OCH3 is 1. The Morgan fingerprint density at radius 3 is 3.09 bits per heavy atom. The van der Waals surface area contributed by atoms with Crippen LogP contribution in [0.5, 0.6) is 0 Å². The summed E-state index contributed by atoms with van der Waals surface area (Å²) in [6.07, 6.45) is 4.68. The van der Waals surface area contributed by atoms with Crippen LogP contribution in [0.1, 0.15) is 18.9 Å². The Balaban J connectivity index is 1.67. The normalized spacial score (nSPS) is 28.9. The number of likely N-dealkylation sites (tertiary alicyclic amines) is 2. The van der Waals surface area contributed by atoms with E-state index in [0.29, 0.717) is 25.0 Å². The van der Waals surface area contributed by atoms with Gasteiger partial charge in [-0.3, -0.25) is 14.7 Å². The lowest BCUT2D eigenvalue weighted by Gasteiger charge is -2.26. The molecule has 1 spiro atoms. The van der Waals surface area contributed by atoms with E-state index in [0.717, 1.165) is 32.6 Å². The molecule has 0 radical (unpaired) electrons. The molecule has 2 atom stereocenters. The first kappa shape index (κ1) is 15.4. The van der Waals surface area contributed by atoms with E-state index in [1.807, 2.05) is 17.2 Å². The smallest absolute Gasteiger partial charge is 0.230 e. The van der Waals surface area contributed by atoms with Crippen LogP contribution in [-0.2, 0) is 16.1 Å². The van der Waals surface area contributed by atoms with Gasteiger partial charge in [-0.15, -0.1) is 0 Å². The van der Waals surface area contributed by atoms with Crippen molar-refractivity contribution in [2.45, 2.75) is 19.9 Å². The zero-order chi connectivity index (χ0) is 15.6. The molecule has 0 aromatic carbocycles. The number of hydrogen-bond donors (Lipinski definition) is 0. The van der Waals surface area contributed by atoms with Gasteiger partial charge in [0.05, 0.1) is 12.0 Å². The molecule has 2 fully saturated rings. The van der Waals surface area contributed by atoms with Crippen molar-refractivity contribution in [2.75, 3.05) is 39.9 Å². The van der Waals surface area contributed by atoms with Crippen molar-refractivity contribution in [3.8, 4) is 0 Å². The largest absolute Gasteiger partial charge is 0.383 e. The van der Waals surface area contributed by atoms with E-state index >= 15 is 0 Å². The van der Waals surface area contributed by atoms with E-state index in [-0.39, 0.29) is 5.41 Å². The van der Waals surface area contributed by atoms with E-state index in [2.05, 4.69) is 22.9 Å². The summed E-state index contributed by atoms with van der Waals surface area (Å²) in [5.74, 6) is 0.731. The summed E-state index contributed by atoms with van der Waals surface area (Å²) in [5, 5.41) is 0. The molecule has 5 nitrogen and oxygen atoms in total. The predicted octanol–water partition coefficient (Wildman–Crippen LogP) is 1.40. The Morgan fingerprint density at radius 2 is 2.36 bits per heavy atom. The molecule has 1 aromatic rings. The van der Waals surface area contributed by atoms with E-state index in [1.165, 1.54) is 5.56 Å². The molecule has 3 rings (SSSR count). The molecule has 0 bridgehead atoms. The van der Waals surface area contributed by atoms with Crippen molar-refractivity contribution in [2.24, 2.45) is 11.3 Å². The monoisotopic (exact) mass is 303 g/mol. The molecule has 120 valence electrons. The summed E-state index contributed by atoms with van der Waals surface area (Å²) in [5.41, 5.74) is 1.03. The van der Waals surface area contributed by atoms with Gasteiger partial charge in [-0.05, 0) is 24.0 Å². The highest BCUT2D eigenvalue weighted by Gasteiger charge is 2.54. The SMILES string of the molecule is COCCN1CC[C@@]2(CN(Cc3cccnc3)C[C@@H]2C)C1=O. The molecule has 2 saturated heterocycles. The number of ether oxygens (including phenoxy) is 1. The topological polar surface area (TPSA) is 45.7 Å². The summed E-state index contributed by atoms with van der Waals surface area (Å²) in [7, 11) is 1.68. The van der Waals surface area contributed by atoms with E-state index in [9.17, 15) is 4.79 Å². The van der Waals surface area contributed by atoms with Gasteiger partial charge >= 0.3 is 0 Å². The van der Waals surface area contributed by atoms with Crippen molar-refractivity contribution in [1.82, 2.24) is 14.8 Å². The van der Waals surface area contributed by atoms with Crippen LogP contribution >= 0.6 is 0 Å². The van der Waals surface area contributed by atoms with Gasteiger partial charge in [0, 0.05) is 52.2 Å². The number of pyridine rings is 1. The number of aromatic nitrogens is 1. The molecular formula is C17H25N3O2. The summed E-state index contributed by atoms with van der Waals surface area (Å²) < 4.78 is 5.12. The summed E-state index contributed by atoms with van der Waals surface area (Å²) >= 11 is 0. The van der Waals surface area contributed by atoms with Crippen molar-refractivity contribution < 1.29 is 9.53 Å². The molecule has 0 saturated carbocycles. The fraction of sp³-hybridized carbons (Fsp3) is 0.647. The molecule has 1 aromatic heterocycles. The molecule has 0 N–H and O–H groups in total. The average Bonchev–Trinajstić information content (AvgIpc) is 3.00. The van der Waals surface area contributed by atoms with E-state index < -0.39 is 0 Å². The van der Waals surface area contributed by atoms with Gasteiger partial charge in [0.2, 0.25) is 5.91 Å². The summed E-state index contributed by atoms with van der Waals surface area (Å²) in [6.45, 7) is 7.16. The third kappa shape index (κ3) is 2.75. The maximum Gasteiger partial charge on any atom is 0.230 e. The quantitative estimate of drug-likeness (QED) is 0.825. The van der Waals surface area contributed by atoms with Crippen LogP contribution in [0, 0.1) is 11.3 Å². The second kappa shape index (κ2) is 6.34. The van der Waals surface area contributed by atoms with Gasteiger partial charge in [-0.25, -0.2) is 0 Å². The molecule has 3 heterocycles. The van der Waals surface area contributed by atoms with Crippen LogP contribution in [0.15, 0.2) is 24.5 Å². The molecule has 0 unspecified atom stereocenters. The first-order valence-corrected chi connectivity index (χ1v) is 8.05. The highest BCUT2D eigenvalue weighted by Crippen LogP contribution is 2.44. The van der Waals surface area contributed by atoms with Gasteiger partial charge in [0.25, 0.3) is 0 Å². The second-order valence-corrected chi connectivity index (χ2v) is 6.62. The fourth-order valence-electron chi connectivity index (χ4n) is 3.93.